The average Bonchev–Trinajstić information content (AvgIpc) is 2.85. The van der Waals surface area contributed by atoms with Gasteiger partial charge < -0.3 is 5.11 Å². The van der Waals surface area contributed by atoms with Crippen LogP contribution in [0.2, 0.25) is 0 Å². The number of aromatic carboxylic acids is 1. The molecule has 2 N–H and O–H groups in total. The summed E-state index contributed by atoms with van der Waals surface area (Å²) >= 11 is 0.929. The number of carbonyl (C=O) groups is 1. The molecule has 112 valence electrons. The van der Waals surface area contributed by atoms with Gasteiger partial charge in [-0.2, -0.15) is 0 Å². The van der Waals surface area contributed by atoms with Crippen LogP contribution in [0.5, 0.6) is 0 Å². The zero-order valence-electron chi connectivity index (χ0n) is 11.5. The fourth-order valence-electron chi connectivity index (χ4n) is 2.59. The Morgan fingerprint density at radius 1 is 1.40 bits per heavy atom. The van der Waals surface area contributed by atoms with Gasteiger partial charge in [-0.15, -0.1) is 11.3 Å². The van der Waals surface area contributed by atoms with Crippen molar-refractivity contribution in [1.29, 1.82) is 0 Å². The monoisotopic (exact) mass is 317 g/mol. The van der Waals surface area contributed by atoms with Crippen LogP contribution in [0, 0.1) is 11.8 Å². The second-order valence-electron chi connectivity index (χ2n) is 5.45. The normalized spacial score (nSPS) is 27.4. The molecule has 1 heterocycles. The molecule has 0 aliphatic heterocycles. The molecule has 20 heavy (non-hydrogen) atoms. The van der Waals surface area contributed by atoms with E-state index in [9.17, 15) is 13.2 Å². The lowest BCUT2D eigenvalue weighted by molar-refractivity contribution is 0.0702. The van der Waals surface area contributed by atoms with Crippen molar-refractivity contribution in [3.63, 3.8) is 0 Å². The number of hydrogen-bond acceptors (Lipinski definition) is 4. The summed E-state index contributed by atoms with van der Waals surface area (Å²) in [7, 11) is -3.63. The fraction of sp³-hybridized carbons (Fsp3) is 0.615. The summed E-state index contributed by atoms with van der Waals surface area (Å²) in [6.07, 6.45) is 2.98. The molecule has 3 unspecified atom stereocenters. The van der Waals surface area contributed by atoms with Gasteiger partial charge in [0.25, 0.3) is 0 Å². The van der Waals surface area contributed by atoms with Crippen molar-refractivity contribution in [3.8, 4) is 0 Å². The van der Waals surface area contributed by atoms with Crippen LogP contribution in [0.1, 0.15) is 42.8 Å². The molecule has 1 saturated carbocycles. The molecule has 1 aliphatic carbocycles. The average molecular weight is 317 g/mol. The highest BCUT2D eigenvalue weighted by Crippen LogP contribution is 2.30. The third-order valence-corrected chi connectivity index (χ3v) is 6.65. The third-order valence-electron chi connectivity index (χ3n) is 4.11. The van der Waals surface area contributed by atoms with Gasteiger partial charge in [0.1, 0.15) is 4.88 Å². The Balaban J connectivity index is 2.16. The zero-order chi connectivity index (χ0) is 14.9. The van der Waals surface area contributed by atoms with Crippen LogP contribution in [0.25, 0.3) is 0 Å². The van der Waals surface area contributed by atoms with Gasteiger partial charge in [-0.05, 0) is 24.3 Å². The van der Waals surface area contributed by atoms with Gasteiger partial charge in [-0.25, -0.2) is 17.9 Å². The van der Waals surface area contributed by atoms with Crippen LogP contribution >= 0.6 is 11.3 Å². The minimum Gasteiger partial charge on any atom is -0.477 e. The van der Waals surface area contributed by atoms with E-state index in [0.717, 1.165) is 30.6 Å². The van der Waals surface area contributed by atoms with Gasteiger partial charge >= 0.3 is 5.97 Å². The van der Waals surface area contributed by atoms with E-state index in [0.29, 0.717) is 5.92 Å². The molecule has 0 spiro atoms. The highest BCUT2D eigenvalue weighted by Gasteiger charge is 2.31. The molecular weight excluding hydrogens is 298 g/mol. The standard InChI is InChI=1S/C13H19NO4S2/c1-8-4-3-5-11(9(8)2)14-20(17,18)10-6-12(13(15)16)19-7-10/h6-9,11,14H,3-5H2,1-2H3,(H,15,16). The van der Waals surface area contributed by atoms with Crippen molar-refractivity contribution >= 4 is 27.3 Å². The Hall–Kier alpha value is -0.920. The van der Waals surface area contributed by atoms with Crippen LogP contribution in [-0.2, 0) is 10.0 Å². The Labute approximate surface area is 123 Å². The summed E-state index contributed by atoms with van der Waals surface area (Å²) in [5.41, 5.74) is 0. The van der Waals surface area contributed by atoms with Gasteiger partial charge in [-0.1, -0.05) is 26.7 Å². The molecule has 0 aromatic carbocycles. The van der Waals surface area contributed by atoms with E-state index in [4.69, 9.17) is 5.11 Å². The maximum atomic E-state index is 12.3. The molecule has 1 aromatic heterocycles. The third kappa shape index (κ3) is 3.21. The molecule has 2 rings (SSSR count). The number of carboxylic acids is 1. The maximum Gasteiger partial charge on any atom is 0.345 e. The largest absolute Gasteiger partial charge is 0.477 e. The molecule has 3 atom stereocenters. The van der Waals surface area contributed by atoms with Gasteiger partial charge in [0, 0.05) is 11.4 Å². The minimum absolute atomic E-state index is 0.0374. The first kappa shape index (κ1) is 15.5. The van der Waals surface area contributed by atoms with Crippen molar-refractivity contribution in [2.24, 2.45) is 11.8 Å². The molecule has 0 bridgehead atoms. The summed E-state index contributed by atoms with van der Waals surface area (Å²) in [6.45, 7) is 4.20. The second kappa shape index (κ2) is 5.83. The van der Waals surface area contributed by atoms with Crippen molar-refractivity contribution in [2.75, 3.05) is 0 Å². The lowest BCUT2D eigenvalue weighted by Gasteiger charge is -2.34. The highest BCUT2D eigenvalue weighted by atomic mass is 32.2. The number of hydrogen-bond donors (Lipinski definition) is 2. The Morgan fingerprint density at radius 2 is 2.10 bits per heavy atom. The van der Waals surface area contributed by atoms with E-state index in [1.807, 2.05) is 0 Å². The molecule has 1 aliphatic rings. The van der Waals surface area contributed by atoms with Crippen molar-refractivity contribution in [2.45, 2.75) is 44.0 Å². The molecule has 1 fully saturated rings. The smallest absolute Gasteiger partial charge is 0.345 e. The van der Waals surface area contributed by atoms with E-state index in [2.05, 4.69) is 18.6 Å². The lowest BCUT2D eigenvalue weighted by atomic mass is 9.78. The van der Waals surface area contributed by atoms with Gasteiger partial charge in [0.15, 0.2) is 0 Å². The predicted octanol–water partition coefficient (Wildman–Crippen LogP) is 2.55. The number of thiophene rings is 1. The van der Waals surface area contributed by atoms with Gasteiger partial charge in [0.05, 0.1) is 4.90 Å². The first-order valence-corrected chi connectivity index (χ1v) is 9.01. The maximum absolute atomic E-state index is 12.3. The van der Waals surface area contributed by atoms with Crippen LogP contribution < -0.4 is 4.72 Å². The SMILES string of the molecule is CC1CCCC(NS(=O)(=O)c2csc(C(=O)O)c2)C1C. The first-order chi connectivity index (χ1) is 9.31. The van der Waals surface area contributed by atoms with E-state index in [1.165, 1.54) is 11.4 Å². The first-order valence-electron chi connectivity index (χ1n) is 6.65. The zero-order valence-corrected chi connectivity index (χ0v) is 13.1. The number of carboxylic acid groups (broad SMARTS) is 1. The predicted molar refractivity (Wildman–Crippen MR) is 77.6 cm³/mol. The quantitative estimate of drug-likeness (QED) is 0.894. The van der Waals surface area contributed by atoms with Crippen molar-refractivity contribution in [1.82, 2.24) is 4.72 Å². The van der Waals surface area contributed by atoms with Crippen molar-refractivity contribution in [3.05, 3.63) is 16.3 Å². The number of rotatable bonds is 4. The molecule has 0 saturated heterocycles. The summed E-state index contributed by atoms with van der Waals surface area (Å²) in [5.74, 6) is -0.319. The number of sulfonamides is 1. The summed E-state index contributed by atoms with van der Waals surface area (Å²) in [5, 5.41) is 10.2. The van der Waals surface area contributed by atoms with Crippen LogP contribution in [0.4, 0.5) is 0 Å². The van der Waals surface area contributed by atoms with Gasteiger partial charge in [-0.3, -0.25) is 0 Å². The summed E-state index contributed by atoms with van der Waals surface area (Å²) in [4.78, 5) is 10.9. The lowest BCUT2D eigenvalue weighted by Crippen LogP contribution is -2.43. The van der Waals surface area contributed by atoms with Crippen LogP contribution in [0.15, 0.2) is 16.3 Å². The summed E-state index contributed by atoms with van der Waals surface area (Å²) < 4.78 is 27.3. The number of nitrogens with one attached hydrogen (secondary N) is 1. The second-order valence-corrected chi connectivity index (χ2v) is 8.07. The fourth-order valence-corrected chi connectivity index (χ4v) is 5.06. The molecular formula is C13H19NO4S2. The van der Waals surface area contributed by atoms with E-state index < -0.39 is 16.0 Å². The minimum atomic E-state index is -3.63. The molecule has 0 amide bonds. The van der Waals surface area contributed by atoms with Crippen LogP contribution in [0.3, 0.4) is 0 Å². The van der Waals surface area contributed by atoms with E-state index in [1.54, 1.807) is 0 Å². The highest BCUT2D eigenvalue weighted by molar-refractivity contribution is 7.89. The molecule has 7 heteroatoms. The molecule has 1 aromatic rings. The van der Waals surface area contributed by atoms with Crippen molar-refractivity contribution < 1.29 is 18.3 Å². The summed E-state index contributed by atoms with van der Waals surface area (Å²) in [6, 6.07) is 1.14. The van der Waals surface area contributed by atoms with E-state index >= 15 is 0 Å². The molecule has 0 radical (unpaired) electrons. The molecule has 5 nitrogen and oxygen atoms in total. The topological polar surface area (TPSA) is 83.5 Å². The Bertz CT molecular complexity index is 593. The Morgan fingerprint density at radius 3 is 2.70 bits per heavy atom. The Kier molecular flexibility index (Phi) is 4.51. The van der Waals surface area contributed by atoms with E-state index in [-0.39, 0.29) is 21.7 Å². The van der Waals surface area contributed by atoms with Gasteiger partial charge in [0.2, 0.25) is 10.0 Å². The van der Waals surface area contributed by atoms with Crippen LogP contribution in [-0.4, -0.2) is 25.5 Å².